The molecular formula is C17H13F2N5O2S. The molecule has 4 rings (SSSR count). The van der Waals surface area contributed by atoms with Gasteiger partial charge in [0, 0.05) is 17.4 Å². The molecule has 1 amide bonds. The lowest BCUT2D eigenvalue weighted by Crippen LogP contribution is -2.23. The van der Waals surface area contributed by atoms with Crippen LogP contribution in [0, 0.1) is 25.5 Å². The van der Waals surface area contributed by atoms with E-state index in [1.807, 2.05) is 0 Å². The zero-order chi connectivity index (χ0) is 19.3. The summed E-state index contributed by atoms with van der Waals surface area (Å²) in [6.07, 6.45) is 0. The van der Waals surface area contributed by atoms with Gasteiger partial charge in [0.05, 0.1) is 5.52 Å². The molecule has 0 spiro atoms. The first-order chi connectivity index (χ1) is 12.8. The Morgan fingerprint density at radius 3 is 2.59 bits per heavy atom. The third kappa shape index (κ3) is 3.08. The second-order valence-corrected chi connectivity index (χ2v) is 7.20. The summed E-state index contributed by atoms with van der Waals surface area (Å²) in [4.78, 5) is 30.0. The van der Waals surface area contributed by atoms with Crippen molar-refractivity contribution in [3.8, 4) is 0 Å². The number of anilines is 1. The number of halogens is 2. The van der Waals surface area contributed by atoms with Crippen molar-refractivity contribution in [1.82, 2.24) is 19.2 Å². The highest BCUT2D eigenvalue weighted by Crippen LogP contribution is 2.19. The van der Waals surface area contributed by atoms with Gasteiger partial charge in [-0.3, -0.25) is 9.59 Å². The Bertz CT molecular complexity index is 1250. The van der Waals surface area contributed by atoms with Gasteiger partial charge in [0.25, 0.3) is 5.56 Å². The molecule has 1 aromatic carbocycles. The first-order valence-electron chi connectivity index (χ1n) is 7.94. The lowest BCUT2D eigenvalue weighted by Gasteiger charge is -2.09. The zero-order valence-electron chi connectivity index (χ0n) is 14.3. The van der Waals surface area contributed by atoms with E-state index in [-0.39, 0.29) is 23.3 Å². The molecule has 7 nitrogen and oxygen atoms in total. The van der Waals surface area contributed by atoms with Crippen LogP contribution in [0.25, 0.3) is 16.0 Å². The number of carbonyl (C=O) groups is 1. The molecule has 0 aliphatic heterocycles. The van der Waals surface area contributed by atoms with E-state index in [1.165, 1.54) is 20.4 Å². The van der Waals surface area contributed by atoms with E-state index < -0.39 is 17.5 Å². The summed E-state index contributed by atoms with van der Waals surface area (Å²) in [6.45, 7) is 3.31. The van der Waals surface area contributed by atoms with E-state index in [0.29, 0.717) is 27.2 Å². The number of nitrogens with one attached hydrogen (secondary N) is 1. The van der Waals surface area contributed by atoms with Crippen molar-refractivity contribution in [2.45, 2.75) is 20.4 Å². The van der Waals surface area contributed by atoms with Crippen LogP contribution >= 0.6 is 11.3 Å². The minimum atomic E-state index is -0.795. The smallest absolute Gasteiger partial charge is 0.299 e. The van der Waals surface area contributed by atoms with Crippen LogP contribution in [0.15, 0.2) is 29.1 Å². The average molecular weight is 389 g/mol. The Morgan fingerprint density at radius 2 is 1.89 bits per heavy atom. The number of benzene rings is 1. The molecule has 27 heavy (non-hydrogen) atoms. The Labute approximate surface area is 154 Å². The van der Waals surface area contributed by atoms with Gasteiger partial charge in [0.15, 0.2) is 0 Å². The second-order valence-electron chi connectivity index (χ2n) is 6.04. The van der Waals surface area contributed by atoms with Crippen molar-refractivity contribution >= 4 is 38.9 Å². The maximum absolute atomic E-state index is 13.3. The molecule has 0 aliphatic carbocycles. The topological polar surface area (TPSA) is 81.3 Å². The van der Waals surface area contributed by atoms with E-state index in [9.17, 15) is 18.4 Å². The number of carbonyl (C=O) groups excluding carboxylic acids is 1. The molecule has 0 bridgehead atoms. The molecule has 0 fully saturated rings. The zero-order valence-corrected chi connectivity index (χ0v) is 15.1. The highest BCUT2D eigenvalue weighted by atomic mass is 32.1. The third-order valence-corrected chi connectivity index (χ3v) is 4.83. The summed E-state index contributed by atoms with van der Waals surface area (Å²) in [6, 6.07) is 4.45. The first kappa shape index (κ1) is 17.3. The molecule has 0 saturated heterocycles. The van der Waals surface area contributed by atoms with Crippen LogP contribution in [0.2, 0.25) is 0 Å². The molecule has 0 aliphatic rings. The largest absolute Gasteiger partial charge is 0.330 e. The SMILES string of the molecule is Cc1nn2c(=O)c3c(cc(C)n3CC(=O)Nc3cc(F)cc(F)c3)nc2s1. The van der Waals surface area contributed by atoms with Crippen molar-refractivity contribution in [3.63, 3.8) is 0 Å². The van der Waals surface area contributed by atoms with Gasteiger partial charge in [-0.25, -0.2) is 13.8 Å². The maximum Gasteiger partial charge on any atom is 0.299 e. The number of fused-ring (bicyclic) bond motifs is 2. The monoisotopic (exact) mass is 389 g/mol. The number of amides is 1. The first-order valence-corrected chi connectivity index (χ1v) is 8.76. The molecule has 4 aromatic rings. The molecule has 1 N–H and O–H groups in total. The molecule has 0 saturated carbocycles. The number of hydrogen-bond acceptors (Lipinski definition) is 5. The fraction of sp³-hybridized carbons (Fsp3) is 0.176. The van der Waals surface area contributed by atoms with Crippen LogP contribution in [-0.2, 0) is 11.3 Å². The van der Waals surface area contributed by atoms with E-state index in [0.717, 1.165) is 12.1 Å². The molecule has 0 radical (unpaired) electrons. The fourth-order valence-electron chi connectivity index (χ4n) is 2.93. The van der Waals surface area contributed by atoms with Gasteiger partial charge in [-0.05, 0) is 32.0 Å². The van der Waals surface area contributed by atoms with E-state index >= 15 is 0 Å². The van der Waals surface area contributed by atoms with Gasteiger partial charge in [-0.1, -0.05) is 11.3 Å². The quantitative estimate of drug-likeness (QED) is 0.584. The molecule has 3 aromatic heterocycles. The van der Waals surface area contributed by atoms with Crippen molar-refractivity contribution in [2.24, 2.45) is 0 Å². The minimum absolute atomic E-state index is 0.000946. The molecular weight excluding hydrogens is 376 g/mol. The number of rotatable bonds is 3. The van der Waals surface area contributed by atoms with Gasteiger partial charge in [0.2, 0.25) is 10.9 Å². The van der Waals surface area contributed by atoms with E-state index in [4.69, 9.17) is 0 Å². The number of nitrogens with zero attached hydrogens (tertiary/aromatic N) is 4. The second kappa shape index (κ2) is 6.23. The maximum atomic E-state index is 13.3. The average Bonchev–Trinajstić information content (AvgIpc) is 3.06. The van der Waals surface area contributed by atoms with Crippen LogP contribution in [0.1, 0.15) is 10.7 Å². The standard InChI is InChI=1S/C17H13F2N5O2S/c1-8-3-13-15(16(26)24-17(21-13)27-9(2)22-24)23(8)7-14(25)20-12-5-10(18)4-11(19)6-12/h3-6H,7H2,1-2H3,(H,20,25). The summed E-state index contributed by atoms with van der Waals surface area (Å²) in [5.41, 5.74) is 0.989. The summed E-state index contributed by atoms with van der Waals surface area (Å²) in [5, 5.41) is 7.27. The van der Waals surface area contributed by atoms with Gasteiger partial charge in [-0.2, -0.15) is 9.61 Å². The van der Waals surface area contributed by atoms with Crippen molar-refractivity contribution in [3.05, 3.63) is 57.0 Å². The summed E-state index contributed by atoms with van der Waals surface area (Å²) < 4.78 is 29.3. The molecule has 0 atom stereocenters. The molecule has 10 heteroatoms. The van der Waals surface area contributed by atoms with Crippen LogP contribution in [0.5, 0.6) is 0 Å². The molecule has 0 unspecified atom stereocenters. The van der Waals surface area contributed by atoms with Crippen LogP contribution in [0.3, 0.4) is 0 Å². The Hall–Kier alpha value is -3.14. The predicted octanol–water partition coefficient (Wildman–Crippen LogP) is 2.64. The van der Waals surface area contributed by atoms with Gasteiger partial charge >= 0.3 is 0 Å². The van der Waals surface area contributed by atoms with Crippen LogP contribution < -0.4 is 10.9 Å². The number of aryl methyl sites for hydroxylation is 2. The van der Waals surface area contributed by atoms with Gasteiger partial charge < -0.3 is 9.88 Å². The van der Waals surface area contributed by atoms with Crippen LogP contribution in [0.4, 0.5) is 14.5 Å². The Kier molecular flexibility index (Phi) is 3.99. The summed E-state index contributed by atoms with van der Waals surface area (Å²) in [7, 11) is 0. The lowest BCUT2D eigenvalue weighted by molar-refractivity contribution is -0.116. The van der Waals surface area contributed by atoms with E-state index in [1.54, 1.807) is 19.9 Å². The fourth-order valence-corrected chi connectivity index (χ4v) is 3.67. The van der Waals surface area contributed by atoms with Crippen molar-refractivity contribution < 1.29 is 13.6 Å². The highest BCUT2D eigenvalue weighted by molar-refractivity contribution is 7.16. The molecule has 138 valence electrons. The van der Waals surface area contributed by atoms with Crippen molar-refractivity contribution in [2.75, 3.05) is 5.32 Å². The molecule has 3 heterocycles. The minimum Gasteiger partial charge on any atom is -0.330 e. The Balaban J connectivity index is 1.72. The van der Waals surface area contributed by atoms with Gasteiger partial charge in [-0.15, -0.1) is 0 Å². The highest BCUT2D eigenvalue weighted by Gasteiger charge is 2.17. The summed E-state index contributed by atoms with van der Waals surface area (Å²) >= 11 is 1.30. The number of hydrogen-bond donors (Lipinski definition) is 1. The summed E-state index contributed by atoms with van der Waals surface area (Å²) in [5.74, 6) is -2.12. The Morgan fingerprint density at radius 1 is 1.19 bits per heavy atom. The number of aromatic nitrogens is 4. The predicted molar refractivity (Wildman–Crippen MR) is 97.1 cm³/mol. The van der Waals surface area contributed by atoms with E-state index in [2.05, 4.69) is 15.4 Å². The van der Waals surface area contributed by atoms with Crippen molar-refractivity contribution in [1.29, 1.82) is 0 Å². The van der Waals surface area contributed by atoms with Crippen LogP contribution in [-0.4, -0.2) is 25.1 Å². The van der Waals surface area contributed by atoms with Gasteiger partial charge in [0.1, 0.15) is 28.7 Å². The lowest BCUT2D eigenvalue weighted by atomic mass is 10.3. The third-order valence-electron chi connectivity index (χ3n) is 4.00. The normalized spacial score (nSPS) is 11.4.